The van der Waals surface area contributed by atoms with Crippen LogP contribution in [0.15, 0.2) is 24.3 Å². The molecule has 0 atom stereocenters. The molecule has 0 unspecified atom stereocenters. The normalized spacial score (nSPS) is 11.7. The van der Waals surface area contributed by atoms with Crippen LogP contribution in [0.25, 0.3) is 0 Å². The third kappa shape index (κ3) is 2.58. The minimum atomic E-state index is -0.551. The van der Waals surface area contributed by atoms with Gasteiger partial charge in [-0.25, -0.2) is 0 Å². The quantitative estimate of drug-likeness (QED) is 0.781. The fraction of sp³-hybridized carbons (Fsp3) is 0.294. The van der Waals surface area contributed by atoms with E-state index in [0.29, 0.717) is 10.0 Å². The van der Waals surface area contributed by atoms with Crippen molar-refractivity contribution < 1.29 is 10.2 Å². The summed E-state index contributed by atoms with van der Waals surface area (Å²) in [6.45, 7) is 7.50. The van der Waals surface area contributed by atoms with Gasteiger partial charge in [0.1, 0.15) is 11.5 Å². The van der Waals surface area contributed by atoms with Crippen LogP contribution in [0.3, 0.4) is 0 Å². The molecule has 0 saturated carbocycles. The monoisotopic (exact) mass is 324 g/mol. The molecular weight excluding hydrogens is 307 g/mol. The van der Waals surface area contributed by atoms with Gasteiger partial charge >= 0.3 is 0 Å². The lowest BCUT2D eigenvalue weighted by Gasteiger charge is -2.29. The number of aromatic hydroxyl groups is 2. The van der Waals surface area contributed by atoms with Crippen LogP contribution >= 0.6 is 23.2 Å². The first-order chi connectivity index (χ1) is 9.67. The molecule has 2 aromatic carbocycles. The highest BCUT2D eigenvalue weighted by Gasteiger charge is 2.30. The van der Waals surface area contributed by atoms with Crippen LogP contribution < -0.4 is 0 Å². The molecule has 112 valence electrons. The van der Waals surface area contributed by atoms with Gasteiger partial charge in [-0.2, -0.15) is 0 Å². The number of rotatable bonds is 2. The van der Waals surface area contributed by atoms with E-state index in [0.717, 1.165) is 22.3 Å². The van der Waals surface area contributed by atoms with Gasteiger partial charge in [-0.3, -0.25) is 0 Å². The molecule has 2 rings (SSSR count). The number of phenols is 2. The number of halogens is 2. The maximum Gasteiger partial charge on any atom is 0.137 e. The lowest BCUT2D eigenvalue weighted by Crippen LogP contribution is -2.20. The molecule has 0 bridgehead atoms. The summed E-state index contributed by atoms with van der Waals surface area (Å²) in [4.78, 5) is 0. The van der Waals surface area contributed by atoms with Crippen molar-refractivity contribution in [2.75, 3.05) is 0 Å². The number of phenolic OH excluding ortho intramolecular Hbond substituents is 2. The molecule has 0 aliphatic heterocycles. The van der Waals surface area contributed by atoms with Crippen molar-refractivity contribution in [2.24, 2.45) is 0 Å². The van der Waals surface area contributed by atoms with Crippen LogP contribution in [0.4, 0.5) is 0 Å². The minimum Gasteiger partial charge on any atom is -0.506 e. The molecule has 0 aliphatic carbocycles. The molecule has 2 N–H and O–H groups in total. The number of hydrogen-bond acceptors (Lipinski definition) is 2. The standard InChI is InChI=1S/C17H18Cl2O2/c1-9-5-7-11(13(18)15(9)20)17(3,4)12-8-6-10(2)16(21)14(12)19/h5-8,20-21H,1-4H3. The van der Waals surface area contributed by atoms with E-state index in [1.54, 1.807) is 13.8 Å². The van der Waals surface area contributed by atoms with Gasteiger partial charge < -0.3 is 10.2 Å². The Morgan fingerprint density at radius 1 is 0.762 bits per heavy atom. The van der Waals surface area contributed by atoms with Crippen molar-refractivity contribution in [3.05, 3.63) is 56.6 Å². The maximum atomic E-state index is 10.1. The highest BCUT2D eigenvalue weighted by molar-refractivity contribution is 6.34. The van der Waals surface area contributed by atoms with E-state index in [1.165, 1.54) is 0 Å². The summed E-state index contributed by atoms with van der Waals surface area (Å²) >= 11 is 12.6. The molecular formula is C17H18Cl2O2. The van der Waals surface area contributed by atoms with Crippen molar-refractivity contribution in [1.29, 1.82) is 0 Å². The van der Waals surface area contributed by atoms with Gasteiger partial charge in [0.05, 0.1) is 10.0 Å². The Balaban J connectivity index is 2.68. The highest BCUT2D eigenvalue weighted by atomic mass is 35.5. The Kier molecular flexibility index (Phi) is 4.14. The molecule has 2 aromatic rings. The van der Waals surface area contributed by atoms with Gasteiger partial charge in [0, 0.05) is 5.41 Å². The van der Waals surface area contributed by atoms with Gasteiger partial charge in [0.15, 0.2) is 0 Å². The van der Waals surface area contributed by atoms with Crippen molar-refractivity contribution in [3.8, 4) is 11.5 Å². The first-order valence-corrected chi connectivity index (χ1v) is 7.40. The van der Waals surface area contributed by atoms with Crippen LogP contribution in [-0.4, -0.2) is 10.2 Å². The van der Waals surface area contributed by atoms with E-state index >= 15 is 0 Å². The zero-order valence-electron chi connectivity index (χ0n) is 12.5. The van der Waals surface area contributed by atoms with Crippen molar-refractivity contribution in [1.82, 2.24) is 0 Å². The predicted molar refractivity (Wildman–Crippen MR) is 87.8 cm³/mol. The summed E-state index contributed by atoms with van der Waals surface area (Å²) in [5.41, 5.74) is 2.41. The SMILES string of the molecule is Cc1ccc(C(C)(C)c2ccc(C)c(O)c2Cl)c(Cl)c1O. The molecule has 4 heteroatoms. The second-order valence-corrected chi connectivity index (χ2v) is 6.57. The van der Waals surface area contributed by atoms with E-state index in [2.05, 4.69) is 0 Å². The molecule has 0 spiro atoms. The molecule has 0 fully saturated rings. The summed E-state index contributed by atoms with van der Waals surface area (Å²) in [6.07, 6.45) is 0. The fourth-order valence-corrected chi connectivity index (χ4v) is 3.33. The average Bonchev–Trinajstić information content (AvgIpc) is 2.41. The van der Waals surface area contributed by atoms with Crippen LogP contribution in [-0.2, 0) is 5.41 Å². The Labute approximate surface area is 135 Å². The van der Waals surface area contributed by atoms with E-state index in [-0.39, 0.29) is 11.5 Å². The lowest BCUT2D eigenvalue weighted by molar-refractivity contribution is 0.466. The summed E-state index contributed by atoms with van der Waals surface area (Å²) in [5, 5.41) is 20.7. The molecule has 0 heterocycles. The molecule has 0 amide bonds. The fourth-order valence-electron chi connectivity index (χ4n) is 2.43. The highest BCUT2D eigenvalue weighted by Crippen LogP contribution is 2.45. The van der Waals surface area contributed by atoms with Gasteiger partial charge in [0.25, 0.3) is 0 Å². The van der Waals surface area contributed by atoms with Crippen molar-refractivity contribution >= 4 is 23.2 Å². The first-order valence-electron chi connectivity index (χ1n) is 6.65. The first kappa shape index (κ1) is 16.0. The Hall–Kier alpha value is -1.38. The van der Waals surface area contributed by atoms with Gasteiger partial charge in [-0.05, 0) is 36.1 Å². The molecule has 21 heavy (non-hydrogen) atoms. The molecule has 0 aliphatic rings. The number of hydrogen-bond donors (Lipinski definition) is 2. The maximum absolute atomic E-state index is 10.1. The second kappa shape index (κ2) is 5.43. The van der Waals surface area contributed by atoms with Crippen LogP contribution in [0.2, 0.25) is 10.0 Å². The van der Waals surface area contributed by atoms with Crippen LogP contribution in [0.5, 0.6) is 11.5 Å². The largest absolute Gasteiger partial charge is 0.506 e. The zero-order chi connectivity index (χ0) is 15.9. The van der Waals surface area contributed by atoms with E-state index < -0.39 is 5.41 Å². The third-order valence-corrected chi connectivity index (χ3v) is 4.75. The van der Waals surface area contributed by atoms with Gasteiger partial charge in [-0.15, -0.1) is 0 Å². The predicted octanol–water partition coefficient (Wildman–Crippen LogP) is 5.35. The summed E-state index contributed by atoms with van der Waals surface area (Å²) < 4.78 is 0. The van der Waals surface area contributed by atoms with Crippen LogP contribution in [0, 0.1) is 13.8 Å². The average molecular weight is 325 g/mol. The Bertz CT molecular complexity index is 647. The molecule has 0 radical (unpaired) electrons. The minimum absolute atomic E-state index is 0.0784. The Morgan fingerprint density at radius 3 is 1.43 bits per heavy atom. The summed E-state index contributed by atoms with van der Waals surface area (Å²) in [5.74, 6) is 0.157. The third-order valence-electron chi connectivity index (χ3n) is 3.98. The molecule has 0 aromatic heterocycles. The van der Waals surface area contributed by atoms with Gasteiger partial charge in [0.2, 0.25) is 0 Å². The summed E-state index contributed by atoms with van der Waals surface area (Å²) in [6, 6.07) is 7.40. The number of aryl methyl sites for hydroxylation is 2. The zero-order valence-corrected chi connectivity index (χ0v) is 14.0. The van der Waals surface area contributed by atoms with Gasteiger partial charge in [-0.1, -0.05) is 61.3 Å². The number of benzene rings is 2. The second-order valence-electron chi connectivity index (χ2n) is 5.81. The van der Waals surface area contributed by atoms with E-state index in [1.807, 2.05) is 38.1 Å². The van der Waals surface area contributed by atoms with Crippen molar-refractivity contribution in [3.63, 3.8) is 0 Å². The summed E-state index contributed by atoms with van der Waals surface area (Å²) in [7, 11) is 0. The van der Waals surface area contributed by atoms with E-state index in [9.17, 15) is 10.2 Å². The molecule has 0 saturated heterocycles. The smallest absolute Gasteiger partial charge is 0.137 e. The van der Waals surface area contributed by atoms with Crippen molar-refractivity contribution in [2.45, 2.75) is 33.1 Å². The Morgan fingerprint density at radius 2 is 1.10 bits per heavy atom. The van der Waals surface area contributed by atoms with E-state index in [4.69, 9.17) is 23.2 Å². The molecule has 2 nitrogen and oxygen atoms in total. The van der Waals surface area contributed by atoms with Crippen LogP contribution in [0.1, 0.15) is 36.1 Å². The lowest BCUT2D eigenvalue weighted by atomic mass is 9.77. The topological polar surface area (TPSA) is 40.5 Å².